The highest BCUT2D eigenvalue weighted by atomic mass is 79.9. The monoisotopic (exact) mass is 278 g/mol. The second-order valence-electron chi connectivity index (χ2n) is 2.05. The lowest BCUT2D eigenvalue weighted by atomic mass is 10.2. The van der Waals surface area contributed by atoms with Crippen molar-refractivity contribution in [3.63, 3.8) is 0 Å². The van der Waals surface area contributed by atoms with Gasteiger partial charge in [0.1, 0.15) is 0 Å². The van der Waals surface area contributed by atoms with Crippen LogP contribution in [0.1, 0.15) is 5.56 Å². The zero-order valence-electron chi connectivity index (χ0n) is 5.77. The van der Waals surface area contributed by atoms with Gasteiger partial charge in [0.15, 0.2) is 0 Å². The maximum absolute atomic E-state index is 3.38. The fourth-order valence-corrected chi connectivity index (χ4v) is 1.33. The van der Waals surface area contributed by atoms with E-state index >= 15 is 0 Å². The molecule has 2 N–H and O–H groups in total. The lowest BCUT2D eigenvalue weighted by Crippen LogP contribution is -2.07. The van der Waals surface area contributed by atoms with E-state index in [-0.39, 0.29) is 0 Å². The molecule has 1 aromatic carbocycles. The first-order valence-corrected chi connectivity index (χ1v) is 5.05. The van der Waals surface area contributed by atoms with E-state index in [1.807, 2.05) is 12.1 Å². The van der Waals surface area contributed by atoms with Gasteiger partial charge in [-0.2, -0.15) is 4.45 Å². The molecule has 0 aromatic heterocycles. The maximum atomic E-state index is 3.38. The van der Waals surface area contributed by atoms with Crippen LogP contribution in [-0.2, 0) is 5.33 Å². The summed E-state index contributed by atoms with van der Waals surface area (Å²) >= 11 is 6.43. The van der Waals surface area contributed by atoms with Gasteiger partial charge in [0.25, 0.3) is 0 Å². The van der Waals surface area contributed by atoms with Gasteiger partial charge in [0.2, 0.25) is 0 Å². The Balaban J connectivity index is 2.66. The average molecular weight is 280 g/mol. The van der Waals surface area contributed by atoms with Gasteiger partial charge < -0.3 is 5.43 Å². The predicted octanol–water partition coefficient (Wildman–Crippen LogP) is 2.81. The Morgan fingerprint density at radius 2 is 1.82 bits per heavy atom. The Morgan fingerprint density at radius 3 is 2.27 bits per heavy atom. The molecule has 0 atom stereocenters. The summed E-state index contributed by atoms with van der Waals surface area (Å²) in [5.74, 6) is 0. The average Bonchev–Trinajstić information content (AvgIpc) is 2.07. The van der Waals surface area contributed by atoms with E-state index in [9.17, 15) is 0 Å². The van der Waals surface area contributed by atoms with Gasteiger partial charge in [-0.3, -0.25) is 0 Å². The number of hydrogen-bond acceptors (Lipinski definition) is 2. The van der Waals surface area contributed by atoms with Crippen LogP contribution in [0, 0.1) is 0 Å². The minimum atomic E-state index is 0.898. The standard InChI is InChI=1S/C7H8Br2N2/c8-5-6-1-3-7(4-2-6)10-11-9/h1-4,10-11H,5H2. The van der Waals surface area contributed by atoms with Crippen LogP contribution < -0.4 is 9.88 Å². The second kappa shape index (κ2) is 4.74. The molecular weight excluding hydrogens is 272 g/mol. The Morgan fingerprint density at radius 1 is 1.18 bits per heavy atom. The van der Waals surface area contributed by atoms with Crippen molar-refractivity contribution >= 4 is 37.8 Å². The van der Waals surface area contributed by atoms with Crippen LogP contribution >= 0.6 is 32.1 Å². The van der Waals surface area contributed by atoms with Crippen LogP contribution in [0.3, 0.4) is 0 Å². The summed E-state index contributed by atoms with van der Waals surface area (Å²) in [4.78, 5) is 0. The van der Waals surface area contributed by atoms with Crippen molar-refractivity contribution in [2.24, 2.45) is 0 Å². The van der Waals surface area contributed by atoms with E-state index in [1.165, 1.54) is 5.56 Å². The molecule has 0 aliphatic carbocycles. The highest BCUT2D eigenvalue weighted by Crippen LogP contribution is 2.10. The van der Waals surface area contributed by atoms with E-state index < -0.39 is 0 Å². The first kappa shape index (κ1) is 9.03. The smallest absolute Gasteiger partial charge is 0.0496 e. The van der Waals surface area contributed by atoms with Crippen LogP contribution in [0.4, 0.5) is 5.69 Å². The lowest BCUT2D eigenvalue weighted by Gasteiger charge is -2.02. The normalized spacial score (nSPS) is 9.64. The molecule has 0 unspecified atom stereocenters. The minimum absolute atomic E-state index is 0.898. The number of halogens is 2. The van der Waals surface area contributed by atoms with Crippen molar-refractivity contribution in [3.8, 4) is 0 Å². The van der Waals surface area contributed by atoms with Gasteiger partial charge in [-0.05, 0) is 17.7 Å². The van der Waals surface area contributed by atoms with Crippen LogP contribution in [-0.4, -0.2) is 0 Å². The number of hydrazine groups is 1. The van der Waals surface area contributed by atoms with Crippen LogP contribution in [0.5, 0.6) is 0 Å². The minimum Gasteiger partial charge on any atom is -0.312 e. The van der Waals surface area contributed by atoms with Crippen LogP contribution in [0.25, 0.3) is 0 Å². The molecule has 1 aromatic rings. The Kier molecular flexibility index (Phi) is 3.90. The number of alkyl halides is 1. The van der Waals surface area contributed by atoms with Gasteiger partial charge in [-0.25, -0.2) is 0 Å². The largest absolute Gasteiger partial charge is 0.312 e. The van der Waals surface area contributed by atoms with Gasteiger partial charge in [0.05, 0.1) is 0 Å². The molecule has 0 bridgehead atoms. The highest BCUT2D eigenvalue weighted by Gasteiger charge is 1.90. The number of rotatable bonds is 3. The van der Waals surface area contributed by atoms with E-state index in [2.05, 4.69) is 54.1 Å². The Hall–Kier alpha value is -0.0600. The molecule has 0 spiro atoms. The first-order chi connectivity index (χ1) is 5.36. The molecule has 4 heteroatoms. The molecule has 2 nitrogen and oxygen atoms in total. The van der Waals surface area contributed by atoms with E-state index in [0.717, 1.165) is 11.0 Å². The Bertz CT molecular complexity index is 210. The molecule has 0 aliphatic heterocycles. The molecule has 1 rings (SSSR count). The third-order valence-electron chi connectivity index (χ3n) is 1.30. The second-order valence-corrected chi connectivity index (χ2v) is 3.01. The van der Waals surface area contributed by atoms with Crippen molar-refractivity contribution in [1.82, 2.24) is 4.45 Å². The predicted molar refractivity (Wildman–Crippen MR) is 54.8 cm³/mol. The van der Waals surface area contributed by atoms with Gasteiger partial charge in [-0.1, -0.05) is 28.1 Å². The van der Waals surface area contributed by atoms with E-state index in [1.54, 1.807) is 0 Å². The number of benzene rings is 1. The van der Waals surface area contributed by atoms with Crippen molar-refractivity contribution in [2.75, 3.05) is 5.43 Å². The summed E-state index contributed by atoms with van der Waals surface area (Å²) in [5, 5.41) is 0.898. The molecule has 0 aliphatic rings. The summed E-state index contributed by atoms with van der Waals surface area (Å²) in [6.07, 6.45) is 0. The van der Waals surface area contributed by atoms with E-state index in [0.29, 0.717) is 0 Å². The summed E-state index contributed by atoms with van der Waals surface area (Å²) in [6, 6.07) is 8.12. The molecule has 11 heavy (non-hydrogen) atoms. The summed E-state index contributed by atoms with van der Waals surface area (Å²) in [7, 11) is 0. The SMILES string of the molecule is BrCc1ccc(NNBr)cc1. The number of nitrogens with one attached hydrogen (secondary N) is 2. The number of hydrogen-bond donors (Lipinski definition) is 2. The number of anilines is 1. The van der Waals surface area contributed by atoms with Crippen LogP contribution in [0.15, 0.2) is 24.3 Å². The summed E-state index contributed by atoms with van der Waals surface area (Å²) in [6.45, 7) is 0. The maximum Gasteiger partial charge on any atom is 0.0496 e. The summed E-state index contributed by atoms with van der Waals surface area (Å²) < 4.78 is 2.67. The van der Waals surface area contributed by atoms with Gasteiger partial charge in [-0.15, -0.1) is 0 Å². The fraction of sp³-hybridized carbons (Fsp3) is 0.143. The van der Waals surface area contributed by atoms with Crippen molar-refractivity contribution < 1.29 is 0 Å². The molecule has 60 valence electrons. The lowest BCUT2D eigenvalue weighted by molar-refractivity contribution is 1.24. The van der Waals surface area contributed by atoms with Crippen molar-refractivity contribution in [2.45, 2.75) is 5.33 Å². The zero-order valence-corrected chi connectivity index (χ0v) is 8.94. The topological polar surface area (TPSA) is 24.1 Å². The van der Waals surface area contributed by atoms with E-state index in [4.69, 9.17) is 0 Å². The van der Waals surface area contributed by atoms with Gasteiger partial charge in [0, 0.05) is 27.2 Å². The molecule has 0 saturated carbocycles. The fourth-order valence-electron chi connectivity index (χ4n) is 0.732. The molecule has 0 radical (unpaired) electrons. The molecule has 0 heterocycles. The summed E-state index contributed by atoms with van der Waals surface area (Å²) in [5.41, 5.74) is 5.21. The third kappa shape index (κ3) is 2.81. The molecular formula is C7H8Br2N2. The van der Waals surface area contributed by atoms with Crippen LogP contribution in [0.2, 0.25) is 0 Å². The van der Waals surface area contributed by atoms with Crippen molar-refractivity contribution in [1.29, 1.82) is 0 Å². The Labute approximate surface area is 82.8 Å². The molecule has 0 amide bonds. The van der Waals surface area contributed by atoms with Crippen molar-refractivity contribution in [3.05, 3.63) is 29.8 Å². The quantitative estimate of drug-likeness (QED) is 0.505. The third-order valence-corrected chi connectivity index (χ3v) is 2.15. The van der Waals surface area contributed by atoms with Gasteiger partial charge >= 0.3 is 0 Å². The zero-order chi connectivity index (χ0) is 8.10. The first-order valence-electron chi connectivity index (χ1n) is 3.13. The molecule has 0 saturated heterocycles. The highest BCUT2D eigenvalue weighted by molar-refractivity contribution is 9.08. The molecule has 0 fully saturated rings.